The first kappa shape index (κ1) is 27.3. The predicted molar refractivity (Wildman–Crippen MR) is 97.9 cm³/mol. The molecular formula is C17H28O14S-2. The zero-order chi connectivity index (χ0) is 24.1. The molecule has 0 aliphatic carbocycles. The SMILES string of the molecule is COC1COC(C(=O)[O-])C(OC2OC(COS(=O)(=O)[O-])C(OC)C(OC)C2OC)C1OC. The molecule has 2 rings (SSSR count). The predicted octanol–water partition coefficient (Wildman–Crippen LogP) is -3.20. The van der Waals surface area contributed by atoms with Gasteiger partial charge >= 0.3 is 0 Å². The summed E-state index contributed by atoms with van der Waals surface area (Å²) in [5, 5.41) is 11.7. The Morgan fingerprint density at radius 2 is 1.50 bits per heavy atom. The Morgan fingerprint density at radius 1 is 0.906 bits per heavy atom. The third kappa shape index (κ3) is 6.32. The zero-order valence-corrected chi connectivity index (χ0v) is 19.1. The summed E-state index contributed by atoms with van der Waals surface area (Å²) in [6.07, 6.45) is -9.62. The lowest BCUT2D eigenvalue weighted by Gasteiger charge is -2.48. The van der Waals surface area contributed by atoms with Gasteiger partial charge in [-0.05, 0) is 0 Å². The highest BCUT2D eigenvalue weighted by atomic mass is 32.3. The summed E-state index contributed by atoms with van der Waals surface area (Å²) in [6.45, 7) is -0.795. The van der Waals surface area contributed by atoms with Crippen molar-refractivity contribution in [2.24, 2.45) is 0 Å². The highest BCUT2D eigenvalue weighted by molar-refractivity contribution is 7.80. The molecule has 188 valence electrons. The van der Waals surface area contributed by atoms with Crippen molar-refractivity contribution in [3.8, 4) is 0 Å². The van der Waals surface area contributed by atoms with E-state index in [1.807, 2.05) is 0 Å². The molecule has 0 aromatic carbocycles. The molecule has 32 heavy (non-hydrogen) atoms. The number of rotatable bonds is 11. The second kappa shape index (κ2) is 11.9. The minimum Gasteiger partial charge on any atom is -0.726 e. The van der Waals surface area contributed by atoms with E-state index in [0.29, 0.717) is 0 Å². The van der Waals surface area contributed by atoms with Gasteiger partial charge in [0.15, 0.2) is 6.29 Å². The van der Waals surface area contributed by atoms with Crippen molar-refractivity contribution in [3.63, 3.8) is 0 Å². The van der Waals surface area contributed by atoms with Gasteiger partial charge in [0.25, 0.3) is 0 Å². The number of ether oxygens (including phenoxy) is 8. The fraction of sp³-hybridized carbons (Fsp3) is 0.941. The van der Waals surface area contributed by atoms with Crippen molar-refractivity contribution in [2.75, 3.05) is 48.8 Å². The second-order valence-corrected chi connectivity index (χ2v) is 8.04. The number of carboxylic acids is 1. The average molecular weight is 488 g/mol. The van der Waals surface area contributed by atoms with Gasteiger partial charge in [-0.25, -0.2) is 8.42 Å². The Hall–Kier alpha value is -0.980. The topological polar surface area (TPSA) is 180 Å². The van der Waals surface area contributed by atoms with Crippen molar-refractivity contribution in [2.45, 2.75) is 55.1 Å². The van der Waals surface area contributed by atoms with Crippen LogP contribution in [0.3, 0.4) is 0 Å². The van der Waals surface area contributed by atoms with E-state index >= 15 is 0 Å². The summed E-state index contributed by atoms with van der Waals surface area (Å²) in [7, 11) is 1.71. The molecule has 0 aromatic heterocycles. The van der Waals surface area contributed by atoms with Crippen LogP contribution in [0.1, 0.15) is 0 Å². The normalized spacial score (nSPS) is 38.5. The quantitative estimate of drug-likeness (QED) is 0.209. The van der Waals surface area contributed by atoms with Crippen molar-refractivity contribution >= 4 is 16.4 Å². The molecule has 0 aromatic rings. The second-order valence-electron chi connectivity index (χ2n) is 6.98. The van der Waals surface area contributed by atoms with E-state index < -0.39 is 78.1 Å². The largest absolute Gasteiger partial charge is 0.726 e. The maximum Gasteiger partial charge on any atom is 0.217 e. The molecule has 2 fully saturated rings. The average Bonchev–Trinajstić information content (AvgIpc) is 2.75. The number of carbonyl (C=O) groups is 1. The molecule has 0 spiro atoms. The summed E-state index contributed by atoms with van der Waals surface area (Å²) in [4.78, 5) is 11.7. The first-order valence-electron chi connectivity index (χ1n) is 9.49. The zero-order valence-electron chi connectivity index (χ0n) is 18.2. The summed E-state index contributed by atoms with van der Waals surface area (Å²) in [5.41, 5.74) is 0. The summed E-state index contributed by atoms with van der Waals surface area (Å²) < 4.78 is 81.0. The minimum absolute atomic E-state index is 0.0863. The van der Waals surface area contributed by atoms with Gasteiger partial charge in [-0.15, -0.1) is 0 Å². The van der Waals surface area contributed by atoms with E-state index in [4.69, 9.17) is 37.9 Å². The fourth-order valence-corrected chi connectivity index (χ4v) is 4.14. The van der Waals surface area contributed by atoms with Crippen molar-refractivity contribution in [1.29, 1.82) is 0 Å². The summed E-state index contributed by atoms with van der Waals surface area (Å²) >= 11 is 0. The van der Waals surface area contributed by atoms with Crippen LogP contribution in [0.4, 0.5) is 0 Å². The minimum atomic E-state index is -5.03. The third-order valence-electron chi connectivity index (χ3n) is 5.31. The van der Waals surface area contributed by atoms with Crippen molar-refractivity contribution in [3.05, 3.63) is 0 Å². The standard InChI is InChI=1S/C17H30O14S/c1-23-8-6-28-14(16(18)19)13(10(8)24-2)31-17-15(27-5)12(26-4)11(25-3)9(30-17)7-29-32(20,21)22/h8-15,17H,6-7H2,1-5H3,(H,18,19)(H,20,21,22)/p-2. The van der Waals surface area contributed by atoms with E-state index in [9.17, 15) is 22.9 Å². The first-order valence-corrected chi connectivity index (χ1v) is 10.8. The molecule has 2 aliphatic heterocycles. The molecule has 0 N–H and O–H groups in total. The van der Waals surface area contributed by atoms with Crippen LogP contribution in [0.15, 0.2) is 0 Å². The Labute approximate surface area is 185 Å². The summed E-state index contributed by atoms with van der Waals surface area (Å²) in [6, 6.07) is 0. The van der Waals surface area contributed by atoms with E-state index in [1.165, 1.54) is 35.5 Å². The molecule has 14 nitrogen and oxygen atoms in total. The number of aliphatic carboxylic acids is 1. The molecule has 9 atom stereocenters. The van der Waals surface area contributed by atoms with Crippen LogP contribution >= 0.6 is 0 Å². The van der Waals surface area contributed by atoms with Gasteiger partial charge in [0, 0.05) is 35.5 Å². The van der Waals surface area contributed by atoms with Crippen LogP contribution in [0.25, 0.3) is 0 Å². The lowest BCUT2D eigenvalue weighted by Crippen LogP contribution is -2.66. The van der Waals surface area contributed by atoms with Crippen LogP contribution in [0.2, 0.25) is 0 Å². The monoisotopic (exact) mass is 488 g/mol. The van der Waals surface area contributed by atoms with Gasteiger partial charge < -0.3 is 52.3 Å². The molecule has 0 radical (unpaired) electrons. The molecule has 0 saturated carbocycles. The molecule has 2 saturated heterocycles. The lowest BCUT2D eigenvalue weighted by molar-refractivity contribution is -0.358. The number of carbonyl (C=O) groups excluding carboxylic acids is 1. The molecule has 9 unspecified atom stereocenters. The van der Waals surface area contributed by atoms with Crippen LogP contribution in [-0.4, -0.2) is 123 Å². The highest BCUT2D eigenvalue weighted by Gasteiger charge is 2.51. The van der Waals surface area contributed by atoms with Gasteiger partial charge in [0.1, 0.15) is 48.8 Å². The lowest BCUT2D eigenvalue weighted by atomic mass is 9.96. The van der Waals surface area contributed by atoms with Crippen LogP contribution in [0, 0.1) is 0 Å². The molecular weight excluding hydrogens is 460 g/mol. The molecule has 15 heteroatoms. The molecule has 0 amide bonds. The maximum atomic E-state index is 11.7. The van der Waals surface area contributed by atoms with Gasteiger partial charge in [-0.2, -0.15) is 0 Å². The van der Waals surface area contributed by atoms with Crippen LogP contribution in [0.5, 0.6) is 0 Å². The first-order chi connectivity index (χ1) is 15.1. The maximum absolute atomic E-state index is 11.7. The summed E-state index contributed by atoms with van der Waals surface area (Å²) in [5.74, 6) is -1.55. The Bertz CT molecular complexity index is 701. The van der Waals surface area contributed by atoms with Gasteiger partial charge in [-0.3, -0.25) is 4.18 Å². The number of hydrogen-bond acceptors (Lipinski definition) is 14. The van der Waals surface area contributed by atoms with E-state index in [2.05, 4.69) is 4.18 Å². The van der Waals surface area contributed by atoms with Crippen molar-refractivity contribution in [1.82, 2.24) is 0 Å². The molecule has 0 bridgehead atoms. The fourth-order valence-electron chi connectivity index (χ4n) is 3.84. The smallest absolute Gasteiger partial charge is 0.217 e. The highest BCUT2D eigenvalue weighted by Crippen LogP contribution is 2.32. The van der Waals surface area contributed by atoms with Gasteiger partial charge in [0.2, 0.25) is 10.4 Å². The van der Waals surface area contributed by atoms with Crippen LogP contribution in [-0.2, 0) is 57.3 Å². The Kier molecular flexibility index (Phi) is 10.2. The molecule has 2 heterocycles. The molecule has 2 aliphatic rings. The van der Waals surface area contributed by atoms with Crippen LogP contribution < -0.4 is 5.11 Å². The van der Waals surface area contributed by atoms with E-state index in [1.54, 1.807) is 0 Å². The van der Waals surface area contributed by atoms with Crippen molar-refractivity contribution < 1.29 is 64.9 Å². The van der Waals surface area contributed by atoms with E-state index in [-0.39, 0.29) is 6.61 Å². The van der Waals surface area contributed by atoms with Gasteiger partial charge in [0.05, 0.1) is 19.2 Å². The Morgan fingerprint density at radius 3 is 1.97 bits per heavy atom. The number of carboxylic acid groups (broad SMARTS) is 1. The number of hydrogen-bond donors (Lipinski definition) is 0. The van der Waals surface area contributed by atoms with Gasteiger partial charge in [-0.1, -0.05) is 0 Å². The number of methoxy groups -OCH3 is 5. The Balaban J connectivity index is 2.34. The van der Waals surface area contributed by atoms with E-state index in [0.717, 1.165) is 0 Å². The third-order valence-corrected chi connectivity index (χ3v) is 5.74.